The number of phenolic OH excluding ortho intramolecular Hbond substituents is 1. The van der Waals surface area contributed by atoms with Gasteiger partial charge in [-0.05, 0) is 90.3 Å². The number of benzene rings is 5. The summed E-state index contributed by atoms with van der Waals surface area (Å²) in [5, 5.41) is 50.1. The van der Waals surface area contributed by atoms with Crippen molar-refractivity contribution in [2.45, 2.75) is 4.90 Å². The van der Waals surface area contributed by atoms with Crippen molar-refractivity contribution >= 4 is 66.9 Å². The van der Waals surface area contributed by atoms with Crippen molar-refractivity contribution in [2.24, 2.45) is 20.5 Å². The minimum Gasteiger partial charge on any atom is -0.744 e. The van der Waals surface area contributed by atoms with Crippen LogP contribution in [0.3, 0.4) is 0 Å². The van der Waals surface area contributed by atoms with E-state index in [-0.39, 0.29) is 86.8 Å². The molecule has 0 spiro atoms. The van der Waals surface area contributed by atoms with Gasteiger partial charge in [-0.15, -0.1) is 5.11 Å². The van der Waals surface area contributed by atoms with Crippen LogP contribution in [0.5, 0.6) is 11.5 Å². The number of nitrogens with one attached hydrogen (secondary N) is 1. The van der Waals surface area contributed by atoms with Gasteiger partial charge in [0.1, 0.15) is 21.6 Å². The van der Waals surface area contributed by atoms with Gasteiger partial charge in [-0.1, -0.05) is 6.07 Å². The fourth-order valence-electron chi connectivity index (χ4n) is 4.11. The second kappa shape index (κ2) is 15.6. The van der Waals surface area contributed by atoms with E-state index in [9.17, 15) is 37.9 Å². The number of hydrogen-bond acceptors (Lipinski definition) is 13. The second-order valence-electron chi connectivity index (χ2n) is 9.44. The summed E-state index contributed by atoms with van der Waals surface area (Å²) >= 11 is 0. The van der Waals surface area contributed by atoms with Gasteiger partial charge in [0, 0.05) is 27.9 Å². The van der Waals surface area contributed by atoms with Crippen LogP contribution >= 0.6 is 0 Å². The smallest absolute Gasteiger partial charge is 0.744 e. The Balaban J connectivity index is 0.00000300. The first-order valence-electron chi connectivity index (χ1n) is 12.8. The Labute approximate surface area is 311 Å². The number of fused-ring (bicyclic) bond motifs is 1. The summed E-state index contributed by atoms with van der Waals surface area (Å²) in [7, 11) is -5.02. The van der Waals surface area contributed by atoms with E-state index in [0.29, 0.717) is 17.1 Å². The van der Waals surface area contributed by atoms with Crippen LogP contribution in [0.2, 0.25) is 0 Å². The number of carboxylic acids is 1. The van der Waals surface area contributed by atoms with Crippen molar-refractivity contribution in [1.29, 1.82) is 0 Å². The minimum absolute atomic E-state index is 0. The molecule has 0 saturated carbocycles. The Hall–Kier alpha value is -4.19. The van der Waals surface area contributed by atoms with Gasteiger partial charge in [0.05, 0.1) is 27.9 Å². The summed E-state index contributed by atoms with van der Waals surface area (Å²) in [6.45, 7) is 0. The molecule has 0 unspecified atom stereocenters. The second-order valence-corrected chi connectivity index (χ2v) is 10.8. The molecular formula is C30H20N6Na2O8S. The Morgan fingerprint density at radius 3 is 1.94 bits per heavy atom. The van der Waals surface area contributed by atoms with E-state index in [1.54, 1.807) is 24.3 Å². The fraction of sp³-hybridized carbons (Fsp3) is 0. The standard InChI is InChI=1S/C30H22N6O8S.2Na/c31-18-4-1-17-13-26(45(42,43)44)27(28(38)23(17)14-18)36-34-20-5-2-16(3-6-20)29(39)32-19-7-9-21(10-8-19)33-35-22-11-12-25(37)24(15-22)30(40)41;;/h1-15,37-38H,31H2,(H,32,39)(H,40,41)(H,42,43,44);;/q;2*+1/p-2. The number of carboxylic acid groups (broad SMARTS) is 1. The maximum Gasteiger partial charge on any atom is 1.00 e. The summed E-state index contributed by atoms with van der Waals surface area (Å²) in [6, 6.07) is 21.1. The van der Waals surface area contributed by atoms with Gasteiger partial charge in [0.25, 0.3) is 5.91 Å². The number of aromatic hydroxyl groups is 2. The zero-order valence-electron chi connectivity index (χ0n) is 24.8. The average molecular weight is 671 g/mol. The molecule has 1 amide bonds. The van der Waals surface area contributed by atoms with Crippen molar-refractivity contribution in [3.63, 3.8) is 0 Å². The van der Waals surface area contributed by atoms with Crippen LogP contribution in [0.25, 0.3) is 10.8 Å². The molecule has 0 aliphatic heterocycles. The molecule has 5 N–H and O–H groups in total. The van der Waals surface area contributed by atoms with Gasteiger partial charge in [-0.2, -0.15) is 15.3 Å². The van der Waals surface area contributed by atoms with Crippen molar-refractivity contribution in [2.75, 3.05) is 11.1 Å². The van der Waals surface area contributed by atoms with Gasteiger partial charge >= 0.3 is 59.1 Å². The van der Waals surface area contributed by atoms with E-state index < -0.39 is 49.6 Å². The largest absolute Gasteiger partial charge is 1.00 e. The molecule has 17 heteroatoms. The third-order valence-corrected chi connectivity index (χ3v) is 7.20. The first-order valence-corrected chi connectivity index (χ1v) is 14.2. The molecule has 47 heavy (non-hydrogen) atoms. The van der Waals surface area contributed by atoms with Crippen molar-refractivity contribution in [1.82, 2.24) is 0 Å². The van der Waals surface area contributed by atoms with E-state index in [0.717, 1.165) is 18.2 Å². The van der Waals surface area contributed by atoms with Crippen LogP contribution in [-0.4, -0.2) is 35.1 Å². The Bertz CT molecular complexity index is 2140. The molecule has 0 atom stereocenters. The number of phenols is 2. The molecular weight excluding hydrogens is 650 g/mol. The summed E-state index contributed by atoms with van der Waals surface area (Å²) in [6.07, 6.45) is 0. The van der Waals surface area contributed by atoms with Crippen LogP contribution in [-0.2, 0) is 10.1 Å². The topological polar surface area (TPSA) is 242 Å². The van der Waals surface area contributed by atoms with E-state index in [4.69, 9.17) is 5.73 Å². The predicted octanol–water partition coefficient (Wildman–Crippen LogP) is -0.808. The summed E-state index contributed by atoms with van der Waals surface area (Å²) in [5.74, 6) is -3.04. The van der Waals surface area contributed by atoms with Gasteiger partial charge in [0.2, 0.25) is 0 Å². The number of anilines is 2. The normalized spacial score (nSPS) is 11.3. The third kappa shape index (κ3) is 9.00. The summed E-state index contributed by atoms with van der Waals surface area (Å²) < 4.78 is 35.6. The third-order valence-electron chi connectivity index (χ3n) is 6.35. The molecule has 0 heterocycles. The Kier molecular flexibility index (Phi) is 12.4. The van der Waals surface area contributed by atoms with Crippen molar-refractivity contribution < 1.29 is 97.0 Å². The predicted molar refractivity (Wildman–Crippen MR) is 160 cm³/mol. The number of azo groups is 2. The zero-order chi connectivity index (χ0) is 32.3. The van der Waals surface area contributed by atoms with E-state index in [1.807, 2.05) is 0 Å². The van der Waals surface area contributed by atoms with E-state index in [2.05, 4.69) is 25.8 Å². The molecule has 0 bridgehead atoms. The SMILES string of the molecule is Nc1ccc2cc(S(=O)(=O)[O-])c(N=Nc3ccc(C(=O)Nc4ccc(N=Nc5ccc(O)c(C(=O)[O-])c5)cc4)cc3)c(O)c2c1.[Na+].[Na+]. The van der Waals surface area contributed by atoms with Crippen LogP contribution in [0.15, 0.2) is 116 Å². The molecule has 0 aromatic heterocycles. The van der Waals surface area contributed by atoms with Crippen LogP contribution in [0.1, 0.15) is 20.7 Å². The van der Waals surface area contributed by atoms with Crippen LogP contribution in [0, 0.1) is 0 Å². The number of nitrogens with zero attached hydrogens (tertiary/aromatic N) is 4. The quantitative estimate of drug-likeness (QED) is 0.0697. The first kappa shape index (κ1) is 37.3. The number of hydrogen-bond donors (Lipinski definition) is 4. The molecule has 0 aliphatic rings. The van der Waals surface area contributed by atoms with E-state index in [1.165, 1.54) is 48.5 Å². The Morgan fingerprint density at radius 2 is 1.32 bits per heavy atom. The fourth-order valence-corrected chi connectivity index (χ4v) is 4.76. The summed E-state index contributed by atoms with van der Waals surface area (Å²) in [4.78, 5) is 23.0. The van der Waals surface area contributed by atoms with Crippen molar-refractivity contribution in [3.8, 4) is 11.5 Å². The van der Waals surface area contributed by atoms with Gasteiger partial charge in [-0.25, -0.2) is 8.42 Å². The van der Waals surface area contributed by atoms with Crippen LogP contribution in [0.4, 0.5) is 34.1 Å². The summed E-state index contributed by atoms with van der Waals surface area (Å²) in [5.41, 5.74) is 6.57. The van der Waals surface area contributed by atoms with Crippen LogP contribution < -0.4 is 75.3 Å². The zero-order valence-corrected chi connectivity index (χ0v) is 29.6. The number of nitrogen functional groups attached to an aromatic ring is 1. The molecule has 0 radical (unpaired) electrons. The number of carbonyl (C=O) groups excluding carboxylic acids is 2. The molecule has 14 nitrogen and oxygen atoms in total. The van der Waals surface area contributed by atoms with E-state index >= 15 is 0 Å². The van der Waals surface area contributed by atoms with Gasteiger partial charge in [-0.3, -0.25) is 4.79 Å². The molecule has 226 valence electrons. The molecule has 5 rings (SSSR count). The molecule has 5 aromatic carbocycles. The maximum atomic E-state index is 12.7. The van der Waals surface area contributed by atoms with Crippen molar-refractivity contribution in [3.05, 3.63) is 102 Å². The first-order chi connectivity index (χ1) is 21.4. The van der Waals surface area contributed by atoms with Gasteiger partial charge < -0.3 is 35.7 Å². The molecule has 0 fully saturated rings. The Morgan fingerprint density at radius 1 is 0.745 bits per heavy atom. The maximum absolute atomic E-state index is 12.7. The molecule has 0 saturated heterocycles. The van der Waals surface area contributed by atoms with Gasteiger partial charge in [0.15, 0.2) is 5.75 Å². The average Bonchev–Trinajstić information content (AvgIpc) is 3.00. The molecule has 0 aliphatic carbocycles. The number of nitrogens with two attached hydrogens (primary N) is 1. The number of carbonyl (C=O) groups is 2. The number of amides is 1. The molecule has 5 aromatic rings. The number of rotatable bonds is 8. The number of aromatic carboxylic acids is 1. The minimum atomic E-state index is -5.02. The monoisotopic (exact) mass is 670 g/mol.